The monoisotopic (exact) mass is 233 g/mol. The Hall–Kier alpha value is -1.16. The van der Waals surface area contributed by atoms with Crippen LogP contribution in [-0.4, -0.2) is 13.0 Å². The maximum absolute atomic E-state index is 10.9. The molecule has 14 heavy (non-hydrogen) atoms. The number of nitrogens with zero attached hydrogens (tertiary/aromatic N) is 2. The molecule has 0 spiro atoms. The highest BCUT2D eigenvalue weighted by Gasteiger charge is 2.28. The fourth-order valence-electron chi connectivity index (χ4n) is 1.06. The van der Waals surface area contributed by atoms with E-state index in [4.69, 9.17) is 21.5 Å². The zero-order valence-corrected chi connectivity index (χ0v) is 8.67. The third-order valence-electron chi connectivity index (χ3n) is 1.68. The summed E-state index contributed by atoms with van der Waals surface area (Å²) in [5, 5.41) is 8.67. The second-order valence-corrected chi connectivity index (χ2v) is 4.36. The second kappa shape index (κ2) is 3.53. The molecule has 0 radical (unpaired) electrons. The Bertz CT molecular complexity index is 518. The van der Waals surface area contributed by atoms with Crippen molar-refractivity contribution in [2.45, 2.75) is 11.8 Å². The van der Waals surface area contributed by atoms with Crippen molar-refractivity contribution in [3.63, 3.8) is 0 Å². The lowest BCUT2D eigenvalue weighted by Crippen LogP contribution is -2.01. The van der Waals surface area contributed by atoms with Crippen LogP contribution in [0.2, 0.25) is 5.02 Å². The van der Waals surface area contributed by atoms with Gasteiger partial charge in [-0.1, -0.05) is 11.6 Å². The van der Waals surface area contributed by atoms with Gasteiger partial charge in [0.05, 0.1) is 0 Å². The van der Waals surface area contributed by atoms with Crippen molar-refractivity contribution in [1.29, 1.82) is 5.39 Å². The summed E-state index contributed by atoms with van der Waals surface area (Å²) in [5.74, 6) is 0. The highest BCUT2D eigenvalue weighted by atomic mass is 35.5. The van der Waals surface area contributed by atoms with Crippen LogP contribution in [-0.2, 0) is 10.1 Å². The predicted molar refractivity (Wildman–Crippen MR) is 50.7 cm³/mol. The van der Waals surface area contributed by atoms with Crippen LogP contribution in [0.25, 0.3) is 4.98 Å². The maximum atomic E-state index is 10.9. The topological polar surface area (TPSA) is 82.5 Å². The van der Waals surface area contributed by atoms with Crippen LogP contribution >= 0.6 is 11.6 Å². The summed E-state index contributed by atoms with van der Waals surface area (Å²) in [6, 6.07) is 2.57. The number of hydrogen-bond acceptors (Lipinski definition) is 3. The molecule has 1 N–H and O–H groups in total. The number of benzene rings is 1. The quantitative estimate of drug-likeness (QED) is 0.596. The molecule has 0 aliphatic rings. The molecule has 1 aromatic rings. The number of halogens is 1. The predicted octanol–water partition coefficient (Wildman–Crippen LogP) is 2.38. The average molecular weight is 234 g/mol. The molecule has 0 saturated heterocycles. The lowest BCUT2D eigenvalue weighted by Gasteiger charge is -2.00. The van der Waals surface area contributed by atoms with Gasteiger partial charge in [-0.15, -0.1) is 0 Å². The Morgan fingerprint density at radius 1 is 1.50 bits per heavy atom. The molecule has 5 nitrogen and oxygen atoms in total. The van der Waals surface area contributed by atoms with Gasteiger partial charge < -0.3 is 0 Å². The number of diazo groups is 1. The van der Waals surface area contributed by atoms with E-state index in [0.717, 1.165) is 0 Å². The van der Waals surface area contributed by atoms with Gasteiger partial charge in [0.15, 0.2) is 9.87 Å². The molecule has 0 saturated carbocycles. The van der Waals surface area contributed by atoms with E-state index in [0.29, 0.717) is 0 Å². The fraction of sp³-hybridized carbons (Fsp3) is 0.143. The summed E-state index contributed by atoms with van der Waals surface area (Å²) in [7, 11) is -4.44. The summed E-state index contributed by atoms with van der Waals surface area (Å²) >= 11 is 5.65. The molecule has 1 aromatic carbocycles. The normalized spacial score (nSPS) is 11.0. The highest BCUT2D eigenvalue weighted by Crippen LogP contribution is 2.31. The largest absolute Gasteiger partial charge is 0.406 e. The molecule has 0 bridgehead atoms. The first-order valence-corrected chi connectivity index (χ1v) is 5.31. The van der Waals surface area contributed by atoms with Crippen LogP contribution in [0.5, 0.6) is 0 Å². The fourth-order valence-corrected chi connectivity index (χ4v) is 2.14. The average Bonchev–Trinajstić information content (AvgIpc) is 2.07. The van der Waals surface area contributed by atoms with Gasteiger partial charge in [0.25, 0.3) is 0 Å². The minimum absolute atomic E-state index is 0.143. The summed E-state index contributed by atoms with van der Waals surface area (Å²) in [6.07, 6.45) is 0. The Kier molecular flexibility index (Phi) is 2.76. The lowest BCUT2D eigenvalue weighted by molar-refractivity contribution is 0.483. The van der Waals surface area contributed by atoms with Crippen molar-refractivity contribution >= 4 is 27.4 Å². The van der Waals surface area contributed by atoms with Crippen LogP contribution in [0.1, 0.15) is 5.56 Å². The van der Waals surface area contributed by atoms with Crippen molar-refractivity contribution in [3.8, 4) is 0 Å². The van der Waals surface area contributed by atoms with E-state index in [9.17, 15) is 8.42 Å². The van der Waals surface area contributed by atoms with Crippen molar-refractivity contribution in [2.24, 2.45) is 0 Å². The van der Waals surface area contributed by atoms with Gasteiger partial charge >= 0.3 is 15.8 Å². The molecular weight excluding hydrogens is 228 g/mol. The second-order valence-electron chi connectivity index (χ2n) is 2.60. The van der Waals surface area contributed by atoms with Crippen LogP contribution in [0.3, 0.4) is 0 Å². The highest BCUT2D eigenvalue weighted by molar-refractivity contribution is 7.86. The molecule has 1 rings (SSSR count). The molecule has 0 aliphatic carbocycles. The maximum Gasteiger partial charge on any atom is 0.406 e. The molecule has 0 atom stereocenters. The van der Waals surface area contributed by atoms with E-state index in [1.54, 1.807) is 0 Å². The van der Waals surface area contributed by atoms with Gasteiger partial charge in [-0.2, -0.15) is 8.42 Å². The van der Waals surface area contributed by atoms with E-state index in [-0.39, 0.29) is 16.3 Å². The van der Waals surface area contributed by atoms with Crippen LogP contribution in [0.4, 0.5) is 5.69 Å². The van der Waals surface area contributed by atoms with Gasteiger partial charge in [0.1, 0.15) is 0 Å². The molecule has 74 valence electrons. The molecular formula is C7H6ClN2O3S+. The summed E-state index contributed by atoms with van der Waals surface area (Å²) < 4.78 is 30.7. The third-order valence-corrected chi connectivity index (χ3v) is 3.13. The zero-order valence-electron chi connectivity index (χ0n) is 7.10. The van der Waals surface area contributed by atoms with Gasteiger partial charge in [-0.05, 0) is 18.6 Å². The van der Waals surface area contributed by atoms with E-state index >= 15 is 0 Å². The molecule has 0 heterocycles. The van der Waals surface area contributed by atoms with Crippen LogP contribution in [0.15, 0.2) is 17.0 Å². The van der Waals surface area contributed by atoms with E-state index < -0.39 is 15.0 Å². The Morgan fingerprint density at radius 3 is 2.50 bits per heavy atom. The van der Waals surface area contributed by atoms with E-state index in [1.165, 1.54) is 19.1 Å². The smallest absolute Gasteiger partial charge is 0.282 e. The van der Waals surface area contributed by atoms with Gasteiger partial charge in [-0.25, -0.2) is 0 Å². The summed E-state index contributed by atoms with van der Waals surface area (Å²) in [4.78, 5) is 2.26. The number of rotatable bonds is 1. The minimum Gasteiger partial charge on any atom is -0.282 e. The lowest BCUT2D eigenvalue weighted by atomic mass is 10.2. The van der Waals surface area contributed by atoms with Gasteiger partial charge in [0, 0.05) is 11.1 Å². The van der Waals surface area contributed by atoms with Crippen molar-refractivity contribution in [1.82, 2.24) is 0 Å². The third kappa shape index (κ3) is 1.85. The van der Waals surface area contributed by atoms with Crippen LogP contribution in [0, 0.1) is 12.3 Å². The summed E-state index contributed by atoms with van der Waals surface area (Å²) in [6.45, 7) is 1.40. The zero-order chi connectivity index (χ0) is 10.9. The van der Waals surface area contributed by atoms with E-state index in [1.807, 2.05) is 0 Å². The molecule has 0 unspecified atom stereocenters. The number of hydrogen-bond donors (Lipinski definition) is 1. The first kappa shape index (κ1) is 10.9. The molecule has 0 aliphatic heterocycles. The minimum atomic E-state index is -4.44. The van der Waals surface area contributed by atoms with Crippen molar-refractivity contribution in [3.05, 3.63) is 27.7 Å². The van der Waals surface area contributed by atoms with Crippen molar-refractivity contribution in [2.75, 3.05) is 0 Å². The SMILES string of the molecule is Cc1c(Cl)ccc([N+]#N)c1S(=O)(=O)O. The first-order chi connectivity index (χ1) is 6.38. The van der Waals surface area contributed by atoms with Crippen molar-refractivity contribution < 1.29 is 13.0 Å². The van der Waals surface area contributed by atoms with Crippen LogP contribution < -0.4 is 0 Å². The van der Waals surface area contributed by atoms with Gasteiger partial charge in [0.2, 0.25) is 5.39 Å². The molecule has 0 aromatic heterocycles. The van der Waals surface area contributed by atoms with Gasteiger partial charge in [-0.3, -0.25) is 4.55 Å². The molecule has 0 fully saturated rings. The summed E-state index contributed by atoms with van der Waals surface area (Å²) in [5.41, 5.74) is -0.0983. The van der Waals surface area contributed by atoms with E-state index in [2.05, 4.69) is 4.98 Å². The Labute approximate surface area is 85.7 Å². The standard InChI is InChI=1S/C7H5ClN2O3S/c1-4-5(8)2-3-6(10-9)7(4)14(11,12)13/h2-3H,1H3/p+1. The Balaban J connectivity index is 3.72. The first-order valence-electron chi connectivity index (χ1n) is 3.49. The molecule has 0 amide bonds. The molecule has 7 heteroatoms. The Morgan fingerprint density at radius 2 is 2.07 bits per heavy atom.